The van der Waals surface area contributed by atoms with Crippen molar-refractivity contribution in [3.63, 3.8) is 0 Å². The third-order valence-corrected chi connectivity index (χ3v) is 4.33. The molecular formula is C15H18N2O6S. The van der Waals surface area contributed by atoms with Gasteiger partial charge in [-0.25, -0.2) is 8.42 Å². The van der Waals surface area contributed by atoms with Crippen molar-refractivity contribution >= 4 is 21.9 Å². The summed E-state index contributed by atoms with van der Waals surface area (Å²) in [5.74, 6) is 0.360. The standard InChI is InChI=1S/C15H18N2O6S/c1-3-7-16-24(21,22)13-6-4-5-12(10-13)15(20)17(8-9-23-2)11-14(18)19/h1,4-6,10,16H,7-9,11H2,2H3,(H,18,19). The van der Waals surface area contributed by atoms with Crippen LogP contribution in [-0.4, -0.2) is 63.7 Å². The van der Waals surface area contributed by atoms with Gasteiger partial charge in [0.1, 0.15) is 6.54 Å². The van der Waals surface area contributed by atoms with Crippen LogP contribution < -0.4 is 4.72 Å². The third kappa shape index (κ3) is 5.66. The Morgan fingerprint density at radius 2 is 2.12 bits per heavy atom. The summed E-state index contributed by atoms with van der Waals surface area (Å²) in [6.45, 7) is -0.483. The third-order valence-electron chi connectivity index (χ3n) is 2.93. The van der Waals surface area contributed by atoms with Crippen LogP contribution in [0.1, 0.15) is 10.4 Å². The molecule has 1 aromatic rings. The molecule has 0 bridgehead atoms. The Labute approximate surface area is 140 Å². The molecule has 9 heteroatoms. The maximum atomic E-state index is 12.4. The number of carbonyl (C=O) groups is 2. The first kappa shape index (κ1) is 19.6. The van der Waals surface area contributed by atoms with E-state index in [1.807, 2.05) is 0 Å². The summed E-state index contributed by atoms with van der Waals surface area (Å²) in [5.41, 5.74) is 0.0518. The van der Waals surface area contributed by atoms with Gasteiger partial charge >= 0.3 is 5.97 Å². The molecule has 0 unspecified atom stereocenters. The fourth-order valence-corrected chi connectivity index (χ4v) is 2.80. The van der Waals surface area contributed by atoms with Gasteiger partial charge in [0.2, 0.25) is 10.0 Å². The van der Waals surface area contributed by atoms with Gasteiger partial charge in [-0.15, -0.1) is 6.42 Å². The molecule has 0 heterocycles. The minimum absolute atomic E-state index is 0.0518. The lowest BCUT2D eigenvalue weighted by molar-refractivity contribution is -0.137. The molecule has 8 nitrogen and oxygen atoms in total. The van der Waals surface area contributed by atoms with E-state index in [-0.39, 0.29) is 30.2 Å². The van der Waals surface area contributed by atoms with Crippen LogP contribution in [0.5, 0.6) is 0 Å². The van der Waals surface area contributed by atoms with Crippen molar-refractivity contribution in [3.05, 3.63) is 29.8 Å². The fraction of sp³-hybridized carbons (Fsp3) is 0.333. The average molecular weight is 354 g/mol. The Morgan fingerprint density at radius 1 is 1.42 bits per heavy atom. The lowest BCUT2D eigenvalue weighted by atomic mass is 10.2. The highest BCUT2D eigenvalue weighted by molar-refractivity contribution is 7.89. The van der Waals surface area contributed by atoms with Gasteiger partial charge in [-0.05, 0) is 18.2 Å². The zero-order chi connectivity index (χ0) is 18.2. The minimum atomic E-state index is -3.85. The molecule has 0 aliphatic rings. The van der Waals surface area contributed by atoms with Crippen LogP contribution in [0.4, 0.5) is 0 Å². The predicted octanol–water partition coefficient (Wildman–Crippen LogP) is -0.229. The number of carboxylic acid groups (broad SMARTS) is 1. The van der Waals surface area contributed by atoms with Crippen molar-refractivity contribution in [2.24, 2.45) is 0 Å². The summed E-state index contributed by atoms with van der Waals surface area (Å²) >= 11 is 0. The topological polar surface area (TPSA) is 113 Å². The predicted molar refractivity (Wildman–Crippen MR) is 85.9 cm³/mol. The number of carboxylic acids is 1. The Morgan fingerprint density at radius 3 is 2.71 bits per heavy atom. The molecular weight excluding hydrogens is 336 g/mol. The van der Waals surface area contributed by atoms with Crippen LogP contribution in [0.15, 0.2) is 29.2 Å². The molecule has 0 aliphatic heterocycles. The fourth-order valence-electron chi connectivity index (χ4n) is 1.82. The Hall–Kier alpha value is -2.41. The first-order valence-electron chi connectivity index (χ1n) is 6.85. The first-order valence-corrected chi connectivity index (χ1v) is 8.33. The SMILES string of the molecule is C#CCNS(=O)(=O)c1cccc(C(=O)N(CCOC)CC(=O)O)c1. The van der Waals surface area contributed by atoms with E-state index in [0.29, 0.717) is 0 Å². The van der Waals surface area contributed by atoms with Crippen LogP contribution in [0, 0.1) is 12.3 Å². The van der Waals surface area contributed by atoms with Gasteiger partial charge in [0.05, 0.1) is 18.0 Å². The molecule has 0 saturated heterocycles. The molecule has 24 heavy (non-hydrogen) atoms. The molecule has 1 amide bonds. The van der Waals surface area contributed by atoms with Crippen molar-refractivity contribution in [1.29, 1.82) is 0 Å². The van der Waals surface area contributed by atoms with Crippen LogP contribution in [0.3, 0.4) is 0 Å². The second kappa shape index (κ2) is 9.02. The molecule has 130 valence electrons. The normalized spacial score (nSPS) is 10.8. The van der Waals surface area contributed by atoms with Gasteiger partial charge in [0, 0.05) is 19.2 Å². The average Bonchev–Trinajstić information content (AvgIpc) is 2.56. The largest absolute Gasteiger partial charge is 0.480 e. The van der Waals surface area contributed by atoms with E-state index in [4.69, 9.17) is 16.3 Å². The van der Waals surface area contributed by atoms with E-state index in [0.717, 1.165) is 4.90 Å². The molecule has 1 aromatic carbocycles. The van der Waals surface area contributed by atoms with Gasteiger partial charge in [-0.3, -0.25) is 9.59 Å². The Balaban J connectivity index is 3.07. The van der Waals surface area contributed by atoms with E-state index < -0.39 is 28.4 Å². The van der Waals surface area contributed by atoms with Crippen molar-refractivity contribution in [2.45, 2.75) is 4.90 Å². The number of hydrogen-bond acceptors (Lipinski definition) is 5. The van der Waals surface area contributed by atoms with Crippen LogP contribution >= 0.6 is 0 Å². The summed E-state index contributed by atoms with van der Waals surface area (Å²) in [7, 11) is -2.42. The second-order valence-electron chi connectivity index (χ2n) is 4.67. The molecule has 0 aliphatic carbocycles. The molecule has 2 N–H and O–H groups in total. The number of terminal acetylenes is 1. The molecule has 0 radical (unpaired) electrons. The highest BCUT2D eigenvalue weighted by atomic mass is 32.2. The molecule has 1 rings (SSSR count). The number of benzene rings is 1. The second-order valence-corrected chi connectivity index (χ2v) is 6.44. The lowest BCUT2D eigenvalue weighted by Crippen LogP contribution is -2.38. The zero-order valence-electron chi connectivity index (χ0n) is 13.1. The summed E-state index contributed by atoms with van der Waals surface area (Å²) in [4.78, 5) is 24.3. The van der Waals surface area contributed by atoms with Crippen LogP contribution in [-0.2, 0) is 19.6 Å². The van der Waals surface area contributed by atoms with Crippen molar-refractivity contribution in [2.75, 3.05) is 33.4 Å². The van der Waals surface area contributed by atoms with Gasteiger partial charge in [-0.1, -0.05) is 12.0 Å². The number of nitrogens with zero attached hydrogens (tertiary/aromatic N) is 1. The molecule has 0 atom stereocenters. The Kier molecular flexibility index (Phi) is 7.38. The van der Waals surface area contributed by atoms with Gasteiger partial charge in [0.15, 0.2) is 0 Å². The van der Waals surface area contributed by atoms with E-state index in [1.54, 1.807) is 0 Å². The summed E-state index contributed by atoms with van der Waals surface area (Å²) in [5, 5.41) is 8.90. The van der Waals surface area contributed by atoms with Crippen molar-refractivity contribution in [1.82, 2.24) is 9.62 Å². The molecule has 0 saturated carbocycles. The highest BCUT2D eigenvalue weighted by Gasteiger charge is 2.21. The van der Waals surface area contributed by atoms with E-state index in [1.165, 1.54) is 31.4 Å². The summed E-state index contributed by atoms with van der Waals surface area (Å²) in [6, 6.07) is 5.28. The van der Waals surface area contributed by atoms with Crippen LogP contribution in [0.25, 0.3) is 0 Å². The minimum Gasteiger partial charge on any atom is -0.480 e. The lowest BCUT2D eigenvalue weighted by Gasteiger charge is -2.20. The number of hydrogen-bond donors (Lipinski definition) is 2. The van der Waals surface area contributed by atoms with Crippen molar-refractivity contribution < 1.29 is 27.9 Å². The molecule has 0 aromatic heterocycles. The number of carbonyl (C=O) groups excluding carboxylic acids is 1. The summed E-state index contributed by atoms with van der Waals surface area (Å²) < 4.78 is 31.1. The van der Waals surface area contributed by atoms with Gasteiger partial charge < -0.3 is 14.7 Å². The molecule has 0 spiro atoms. The van der Waals surface area contributed by atoms with Crippen LogP contribution in [0.2, 0.25) is 0 Å². The smallest absolute Gasteiger partial charge is 0.323 e. The first-order chi connectivity index (χ1) is 11.3. The monoisotopic (exact) mass is 354 g/mol. The number of amides is 1. The number of methoxy groups -OCH3 is 1. The number of rotatable bonds is 9. The van der Waals surface area contributed by atoms with E-state index in [9.17, 15) is 18.0 Å². The zero-order valence-corrected chi connectivity index (χ0v) is 13.9. The number of nitrogens with one attached hydrogen (secondary N) is 1. The van der Waals surface area contributed by atoms with E-state index >= 15 is 0 Å². The number of ether oxygens (including phenoxy) is 1. The number of sulfonamides is 1. The van der Waals surface area contributed by atoms with Gasteiger partial charge in [-0.2, -0.15) is 4.72 Å². The highest BCUT2D eigenvalue weighted by Crippen LogP contribution is 2.13. The maximum absolute atomic E-state index is 12.4. The maximum Gasteiger partial charge on any atom is 0.323 e. The van der Waals surface area contributed by atoms with Gasteiger partial charge in [0.25, 0.3) is 5.91 Å². The Bertz CT molecular complexity index is 739. The van der Waals surface area contributed by atoms with Crippen molar-refractivity contribution in [3.8, 4) is 12.3 Å². The quantitative estimate of drug-likeness (QED) is 0.593. The number of aliphatic carboxylic acids is 1. The summed E-state index contributed by atoms with van der Waals surface area (Å²) in [6.07, 6.45) is 5.02. The molecule has 0 fully saturated rings. The van der Waals surface area contributed by atoms with E-state index in [2.05, 4.69) is 10.6 Å².